The second-order valence-electron chi connectivity index (χ2n) is 6.42. The highest BCUT2D eigenvalue weighted by atomic mass is 79.9. The van der Waals surface area contributed by atoms with E-state index in [-0.39, 0.29) is 5.75 Å². The van der Waals surface area contributed by atoms with Crippen molar-refractivity contribution in [2.75, 3.05) is 6.61 Å². The Morgan fingerprint density at radius 3 is 2.71 bits per heavy atom. The monoisotopic (exact) mass is 582 g/mol. The zero-order chi connectivity index (χ0) is 22.1. The Labute approximate surface area is 204 Å². The molecule has 0 aliphatic rings. The fourth-order valence-electron chi connectivity index (χ4n) is 2.91. The fraction of sp³-hybridized carbons (Fsp3) is 0.0909. The molecular weight excluding hydrogens is 571 g/mol. The number of phenols is 1. The number of halogens is 4. The Hall–Kier alpha value is -2.06. The van der Waals surface area contributed by atoms with Crippen molar-refractivity contribution in [2.24, 2.45) is 4.99 Å². The van der Waals surface area contributed by atoms with Crippen LogP contribution in [0.1, 0.15) is 12.5 Å². The molecule has 5 nitrogen and oxygen atoms in total. The van der Waals surface area contributed by atoms with Crippen molar-refractivity contribution in [3.8, 4) is 23.0 Å². The third kappa shape index (κ3) is 4.60. The van der Waals surface area contributed by atoms with Gasteiger partial charge in [-0.05, 0) is 81.2 Å². The lowest BCUT2D eigenvalue weighted by atomic mass is 10.2. The number of aliphatic imine (C=N–C) groups is 1. The van der Waals surface area contributed by atoms with Gasteiger partial charge in [0.05, 0.1) is 28.4 Å². The number of oxazole rings is 1. The normalized spacial score (nSPS) is 11.5. The number of aromatic hydroxyl groups is 1. The van der Waals surface area contributed by atoms with Gasteiger partial charge in [-0.25, -0.2) is 4.98 Å². The van der Waals surface area contributed by atoms with E-state index in [2.05, 4.69) is 41.8 Å². The van der Waals surface area contributed by atoms with E-state index in [0.29, 0.717) is 60.7 Å². The van der Waals surface area contributed by atoms with Gasteiger partial charge in [-0.2, -0.15) is 0 Å². The van der Waals surface area contributed by atoms with E-state index >= 15 is 0 Å². The molecule has 9 heteroatoms. The SMILES string of the molecule is CCOc1cc(Br)c(Br)c(C=Nc2ccc3oc(-c4ccc(Cl)cc4Cl)nc3c2)c1O. The van der Waals surface area contributed by atoms with Gasteiger partial charge in [-0.15, -0.1) is 0 Å². The Morgan fingerprint density at radius 2 is 1.97 bits per heavy atom. The van der Waals surface area contributed by atoms with E-state index in [0.717, 1.165) is 4.47 Å². The third-order valence-corrected chi connectivity index (χ3v) is 6.93. The van der Waals surface area contributed by atoms with Crippen molar-refractivity contribution in [2.45, 2.75) is 6.92 Å². The van der Waals surface area contributed by atoms with Gasteiger partial charge in [-0.3, -0.25) is 4.99 Å². The predicted molar refractivity (Wildman–Crippen MR) is 131 cm³/mol. The smallest absolute Gasteiger partial charge is 0.228 e. The maximum atomic E-state index is 10.5. The summed E-state index contributed by atoms with van der Waals surface area (Å²) in [4.78, 5) is 9.01. The molecule has 1 aromatic heterocycles. The molecule has 4 aromatic rings. The first-order valence-electron chi connectivity index (χ1n) is 9.11. The summed E-state index contributed by atoms with van der Waals surface area (Å²) in [5.41, 5.74) is 3.01. The number of aromatic nitrogens is 1. The summed E-state index contributed by atoms with van der Waals surface area (Å²) in [7, 11) is 0. The molecule has 4 rings (SSSR count). The lowest BCUT2D eigenvalue weighted by Crippen LogP contribution is -1.95. The fourth-order valence-corrected chi connectivity index (χ4v) is 4.22. The summed E-state index contributed by atoms with van der Waals surface area (Å²) in [6.07, 6.45) is 1.56. The molecule has 0 radical (unpaired) electrons. The molecule has 31 heavy (non-hydrogen) atoms. The van der Waals surface area contributed by atoms with Crippen LogP contribution in [0.15, 0.2) is 60.8 Å². The maximum absolute atomic E-state index is 10.5. The summed E-state index contributed by atoms with van der Waals surface area (Å²) in [5, 5.41) is 11.5. The summed E-state index contributed by atoms with van der Waals surface area (Å²) in [5.74, 6) is 0.768. The molecule has 0 fully saturated rings. The molecular formula is C22H14Br2Cl2N2O3. The van der Waals surface area contributed by atoms with Gasteiger partial charge < -0.3 is 14.3 Å². The van der Waals surface area contributed by atoms with Gasteiger partial charge in [0.15, 0.2) is 17.1 Å². The average molecular weight is 585 g/mol. The molecule has 0 atom stereocenters. The van der Waals surface area contributed by atoms with Crippen molar-refractivity contribution in [1.82, 2.24) is 4.98 Å². The standard InChI is InChI=1S/C22H14Br2Cl2N2O3/c1-2-30-19-9-15(23)20(24)14(21(19)29)10-27-12-4-6-18-17(8-12)28-22(31-18)13-5-3-11(25)7-16(13)26/h3-10,29H,2H2,1H3. The van der Waals surface area contributed by atoms with Crippen LogP contribution < -0.4 is 4.74 Å². The number of ether oxygens (including phenoxy) is 1. The quantitative estimate of drug-likeness (QED) is 0.240. The van der Waals surface area contributed by atoms with Crippen LogP contribution in [-0.2, 0) is 0 Å². The highest BCUT2D eigenvalue weighted by Crippen LogP contribution is 2.40. The number of nitrogens with zero attached hydrogens (tertiary/aromatic N) is 2. The summed E-state index contributed by atoms with van der Waals surface area (Å²) < 4.78 is 12.7. The zero-order valence-electron chi connectivity index (χ0n) is 16.0. The van der Waals surface area contributed by atoms with Crippen molar-refractivity contribution >= 4 is 78.1 Å². The third-order valence-electron chi connectivity index (χ3n) is 4.37. The minimum absolute atomic E-state index is 0.00264. The molecule has 0 aliphatic heterocycles. The van der Waals surface area contributed by atoms with Crippen LogP contribution in [0.5, 0.6) is 11.5 Å². The van der Waals surface area contributed by atoms with Crippen LogP contribution in [0.4, 0.5) is 5.69 Å². The number of hydrogen-bond donors (Lipinski definition) is 1. The second-order valence-corrected chi connectivity index (χ2v) is 8.91. The largest absolute Gasteiger partial charge is 0.504 e. The molecule has 0 unspecified atom stereocenters. The number of fused-ring (bicyclic) bond motifs is 1. The number of phenolic OH excluding ortho intramolecular Hbond substituents is 1. The Bertz CT molecular complexity index is 1320. The lowest BCUT2D eigenvalue weighted by molar-refractivity contribution is 0.317. The molecule has 1 heterocycles. The molecule has 0 saturated heterocycles. The van der Waals surface area contributed by atoms with Crippen LogP contribution in [0.3, 0.4) is 0 Å². The van der Waals surface area contributed by atoms with Crippen LogP contribution >= 0.6 is 55.1 Å². The molecule has 0 aliphatic carbocycles. The first kappa shape index (κ1) is 22.1. The molecule has 0 bridgehead atoms. The van der Waals surface area contributed by atoms with Crippen LogP contribution in [0, 0.1) is 0 Å². The lowest BCUT2D eigenvalue weighted by Gasteiger charge is -2.11. The van der Waals surface area contributed by atoms with Crippen molar-refractivity contribution in [3.05, 3.63) is 67.0 Å². The minimum atomic E-state index is 0.00264. The average Bonchev–Trinajstić information content (AvgIpc) is 3.15. The molecule has 158 valence electrons. The van der Waals surface area contributed by atoms with E-state index < -0.39 is 0 Å². The molecule has 1 N–H and O–H groups in total. The van der Waals surface area contributed by atoms with E-state index in [4.69, 9.17) is 32.4 Å². The summed E-state index contributed by atoms with van der Waals surface area (Å²) in [6.45, 7) is 2.28. The van der Waals surface area contributed by atoms with E-state index in [1.54, 1.807) is 48.7 Å². The number of benzene rings is 3. The van der Waals surface area contributed by atoms with Crippen molar-refractivity contribution in [3.63, 3.8) is 0 Å². The molecule has 0 spiro atoms. The van der Waals surface area contributed by atoms with Crippen molar-refractivity contribution in [1.29, 1.82) is 0 Å². The topological polar surface area (TPSA) is 67.9 Å². The number of hydrogen-bond acceptors (Lipinski definition) is 5. The molecule has 3 aromatic carbocycles. The zero-order valence-corrected chi connectivity index (χ0v) is 20.7. The van der Waals surface area contributed by atoms with Gasteiger partial charge in [0.25, 0.3) is 0 Å². The minimum Gasteiger partial charge on any atom is -0.504 e. The second kappa shape index (κ2) is 9.20. The predicted octanol–water partition coefficient (Wildman–Crippen LogP) is 8.18. The van der Waals surface area contributed by atoms with Crippen molar-refractivity contribution < 1.29 is 14.3 Å². The highest BCUT2D eigenvalue weighted by Gasteiger charge is 2.15. The first-order chi connectivity index (χ1) is 14.9. The van der Waals surface area contributed by atoms with E-state index in [9.17, 15) is 5.11 Å². The first-order valence-corrected chi connectivity index (χ1v) is 11.5. The van der Waals surface area contributed by atoms with Gasteiger partial charge in [-0.1, -0.05) is 23.2 Å². The Balaban J connectivity index is 1.69. The Morgan fingerprint density at radius 1 is 1.16 bits per heavy atom. The van der Waals surface area contributed by atoms with Gasteiger partial charge in [0.1, 0.15) is 5.52 Å². The van der Waals surface area contributed by atoms with Crippen LogP contribution in [-0.4, -0.2) is 22.9 Å². The van der Waals surface area contributed by atoms with Gasteiger partial charge in [0, 0.05) is 20.2 Å². The summed E-state index contributed by atoms with van der Waals surface area (Å²) >= 11 is 19.2. The van der Waals surface area contributed by atoms with Crippen LogP contribution in [0.25, 0.3) is 22.6 Å². The highest BCUT2D eigenvalue weighted by molar-refractivity contribution is 9.13. The van der Waals surface area contributed by atoms with Gasteiger partial charge in [0.2, 0.25) is 5.89 Å². The summed E-state index contributed by atoms with van der Waals surface area (Å²) in [6, 6.07) is 12.2. The van der Waals surface area contributed by atoms with Gasteiger partial charge >= 0.3 is 0 Å². The molecule has 0 amide bonds. The number of rotatable bonds is 5. The maximum Gasteiger partial charge on any atom is 0.228 e. The Kier molecular flexibility index (Phi) is 6.57. The molecule has 0 saturated carbocycles. The van der Waals surface area contributed by atoms with E-state index in [1.165, 1.54) is 0 Å². The van der Waals surface area contributed by atoms with Crippen LogP contribution in [0.2, 0.25) is 10.0 Å². The van der Waals surface area contributed by atoms with E-state index in [1.807, 2.05) is 6.92 Å².